The maximum Gasteiger partial charge on any atom is 0.175 e. The number of benzene rings is 1. The van der Waals surface area contributed by atoms with Gasteiger partial charge < -0.3 is 0 Å². The predicted molar refractivity (Wildman–Crippen MR) is 67.5 cm³/mol. The van der Waals surface area contributed by atoms with Crippen LogP contribution in [0.15, 0.2) is 47.6 Å². The van der Waals surface area contributed by atoms with Crippen LogP contribution in [0.2, 0.25) is 0 Å². The molecule has 1 aromatic carbocycles. The van der Waals surface area contributed by atoms with Crippen molar-refractivity contribution in [3.8, 4) is 11.1 Å². The van der Waals surface area contributed by atoms with Gasteiger partial charge >= 0.3 is 0 Å². The van der Waals surface area contributed by atoms with Gasteiger partial charge in [-0.1, -0.05) is 12.1 Å². The maximum absolute atomic E-state index is 11.6. The normalized spacial score (nSPS) is 11.4. The van der Waals surface area contributed by atoms with Crippen molar-refractivity contribution in [2.45, 2.75) is 11.8 Å². The van der Waals surface area contributed by atoms with Gasteiger partial charge in [0.1, 0.15) is 0 Å². The van der Waals surface area contributed by atoms with E-state index in [1.54, 1.807) is 24.5 Å². The minimum atomic E-state index is -3.18. The zero-order valence-electron chi connectivity index (χ0n) is 9.71. The van der Waals surface area contributed by atoms with E-state index in [0.717, 1.165) is 16.7 Å². The molecular weight excluding hydrogens is 234 g/mol. The van der Waals surface area contributed by atoms with Crippen molar-refractivity contribution >= 4 is 9.84 Å². The lowest BCUT2D eigenvalue weighted by Crippen LogP contribution is -2.01. The molecule has 0 aliphatic carbocycles. The average molecular weight is 247 g/mol. The standard InChI is InChI=1S/C13H13NO2S/c1-10-12(11-6-8-14-9-7-11)4-3-5-13(10)17(2,15)16/h3-9H,1-2H3. The molecule has 1 aromatic heterocycles. The molecule has 0 amide bonds. The molecule has 0 saturated carbocycles. The molecule has 4 heteroatoms. The van der Waals surface area contributed by atoms with Crippen LogP contribution in [0.5, 0.6) is 0 Å². The molecule has 0 N–H and O–H groups in total. The summed E-state index contributed by atoms with van der Waals surface area (Å²) in [6.07, 6.45) is 4.62. The summed E-state index contributed by atoms with van der Waals surface area (Å²) in [5, 5.41) is 0. The van der Waals surface area contributed by atoms with Gasteiger partial charge in [0.05, 0.1) is 4.90 Å². The summed E-state index contributed by atoms with van der Waals surface area (Å²) in [4.78, 5) is 4.33. The molecule has 2 aromatic rings. The summed E-state index contributed by atoms with van der Waals surface area (Å²) in [5.74, 6) is 0. The number of rotatable bonds is 2. The number of aromatic nitrogens is 1. The fourth-order valence-electron chi connectivity index (χ4n) is 1.86. The molecule has 0 bridgehead atoms. The largest absolute Gasteiger partial charge is 0.265 e. The first kappa shape index (κ1) is 11.8. The van der Waals surface area contributed by atoms with E-state index in [4.69, 9.17) is 0 Å². The second-order valence-electron chi connectivity index (χ2n) is 3.94. The summed E-state index contributed by atoms with van der Waals surface area (Å²) < 4.78 is 23.2. The number of hydrogen-bond donors (Lipinski definition) is 0. The highest BCUT2D eigenvalue weighted by Gasteiger charge is 2.13. The molecule has 0 fully saturated rings. The fourth-order valence-corrected chi connectivity index (χ4v) is 2.85. The van der Waals surface area contributed by atoms with E-state index in [0.29, 0.717) is 4.90 Å². The van der Waals surface area contributed by atoms with Gasteiger partial charge in [-0.25, -0.2) is 8.42 Å². The number of sulfone groups is 1. The van der Waals surface area contributed by atoms with E-state index in [9.17, 15) is 8.42 Å². The Balaban J connectivity index is 2.67. The molecule has 0 saturated heterocycles. The van der Waals surface area contributed by atoms with Crippen molar-refractivity contribution in [1.29, 1.82) is 0 Å². The van der Waals surface area contributed by atoms with Crippen LogP contribution < -0.4 is 0 Å². The number of nitrogens with zero attached hydrogens (tertiary/aromatic N) is 1. The number of hydrogen-bond acceptors (Lipinski definition) is 3. The van der Waals surface area contributed by atoms with Crippen molar-refractivity contribution in [3.63, 3.8) is 0 Å². The van der Waals surface area contributed by atoms with Crippen molar-refractivity contribution < 1.29 is 8.42 Å². The van der Waals surface area contributed by atoms with E-state index >= 15 is 0 Å². The zero-order chi connectivity index (χ0) is 12.5. The smallest absolute Gasteiger partial charge is 0.175 e. The zero-order valence-corrected chi connectivity index (χ0v) is 10.5. The molecule has 3 nitrogen and oxygen atoms in total. The average Bonchev–Trinajstić information content (AvgIpc) is 2.29. The van der Waals surface area contributed by atoms with Gasteiger partial charge in [0.2, 0.25) is 0 Å². The monoisotopic (exact) mass is 247 g/mol. The summed E-state index contributed by atoms with van der Waals surface area (Å²) >= 11 is 0. The van der Waals surface area contributed by atoms with E-state index in [1.807, 2.05) is 25.1 Å². The molecule has 0 radical (unpaired) electrons. The van der Waals surface area contributed by atoms with Gasteiger partial charge in [-0.05, 0) is 41.8 Å². The van der Waals surface area contributed by atoms with Gasteiger partial charge in [0.25, 0.3) is 0 Å². The lowest BCUT2D eigenvalue weighted by Gasteiger charge is -2.09. The van der Waals surface area contributed by atoms with Crippen LogP contribution in [-0.2, 0) is 9.84 Å². The third-order valence-corrected chi connectivity index (χ3v) is 3.92. The van der Waals surface area contributed by atoms with Crippen LogP contribution in [0.4, 0.5) is 0 Å². The first-order valence-electron chi connectivity index (χ1n) is 5.20. The molecule has 0 aliphatic rings. The number of pyridine rings is 1. The Hall–Kier alpha value is -1.68. The molecule has 0 spiro atoms. The van der Waals surface area contributed by atoms with E-state index in [1.165, 1.54) is 6.26 Å². The topological polar surface area (TPSA) is 47.0 Å². The molecule has 0 unspecified atom stereocenters. The van der Waals surface area contributed by atoms with Crippen LogP contribution >= 0.6 is 0 Å². The van der Waals surface area contributed by atoms with Crippen LogP contribution in [0.25, 0.3) is 11.1 Å². The van der Waals surface area contributed by atoms with Crippen molar-refractivity contribution in [2.24, 2.45) is 0 Å². The Morgan fingerprint density at radius 2 is 1.71 bits per heavy atom. The quantitative estimate of drug-likeness (QED) is 0.819. The highest BCUT2D eigenvalue weighted by Crippen LogP contribution is 2.27. The molecule has 0 aliphatic heterocycles. The minimum Gasteiger partial charge on any atom is -0.265 e. The van der Waals surface area contributed by atoms with Crippen LogP contribution in [0, 0.1) is 6.92 Å². The predicted octanol–water partition coefficient (Wildman–Crippen LogP) is 2.46. The molecule has 2 rings (SSSR count). The third-order valence-electron chi connectivity index (χ3n) is 2.67. The second kappa shape index (κ2) is 4.30. The molecule has 88 valence electrons. The highest BCUT2D eigenvalue weighted by atomic mass is 32.2. The van der Waals surface area contributed by atoms with E-state index in [2.05, 4.69) is 4.98 Å². The summed E-state index contributed by atoms with van der Waals surface area (Å²) in [6.45, 7) is 1.83. The molecule has 1 heterocycles. The lowest BCUT2D eigenvalue weighted by molar-refractivity contribution is 0.601. The van der Waals surface area contributed by atoms with Gasteiger partial charge in [0, 0.05) is 18.6 Å². The van der Waals surface area contributed by atoms with Gasteiger partial charge in [0.15, 0.2) is 9.84 Å². The molecule has 0 atom stereocenters. The Morgan fingerprint density at radius 3 is 2.29 bits per heavy atom. The minimum absolute atomic E-state index is 0.381. The lowest BCUT2D eigenvalue weighted by atomic mass is 10.0. The Morgan fingerprint density at radius 1 is 1.06 bits per heavy atom. The van der Waals surface area contributed by atoms with Crippen LogP contribution in [0.1, 0.15) is 5.56 Å². The SMILES string of the molecule is Cc1c(-c2ccncc2)cccc1S(C)(=O)=O. The Bertz CT molecular complexity index is 634. The van der Waals surface area contributed by atoms with Crippen molar-refractivity contribution in [2.75, 3.05) is 6.26 Å². The first-order valence-corrected chi connectivity index (χ1v) is 7.09. The van der Waals surface area contributed by atoms with Gasteiger partial charge in [-0.2, -0.15) is 0 Å². The van der Waals surface area contributed by atoms with E-state index in [-0.39, 0.29) is 0 Å². The fraction of sp³-hybridized carbons (Fsp3) is 0.154. The Kier molecular flexibility index (Phi) is 2.98. The molecule has 17 heavy (non-hydrogen) atoms. The van der Waals surface area contributed by atoms with Gasteiger partial charge in [-0.15, -0.1) is 0 Å². The van der Waals surface area contributed by atoms with Gasteiger partial charge in [-0.3, -0.25) is 4.98 Å². The summed E-state index contributed by atoms with van der Waals surface area (Å²) in [6, 6.07) is 9.05. The van der Waals surface area contributed by atoms with Crippen LogP contribution in [0.3, 0.4) is 0 Å². The first-order chi connectivity index (χ1) is 8.00. The molecular formula is C13H13NO2S. The second-order valence-corrected chi connectivity index (χ2v) is 5.92. The van der Waals surface area contributed by atoms with Crippen molar-refractivity contribution in [3.05, 3.63) is 48.3 Å². The van der Waals surface area contributed by atoms with E-state index < -0.39 is 9.84 Å². The Labute approximate surface area is 101 Å². The van der Waals surface area contributed by atoms with Crippen molar-refractivity contribution in [1.82, 2.24) is 4.98 Å². The third kappa shape index (κ3) is 2.36. The highest BCUT2D eigenvalue weighted by molar-refractivity contribution is 7.90. The summed E-state index contributed by atoms with van der Waals surface area (Å²) in [7, 11) is -3.18. The van der Waals surface area contributed by atoms with Crippen LogP contribution in [-0.4, -0.2) is 19.7 Å². The maximum atomic E-state index is 11.6. The summed E-state index contributed by atoms with van der Waals surface area (Å²) in [5.41, 5.74) is 2.68.